The number of rotatable bonds is 2. The molecular weight excluding hydrogens is 400 g/mol. The summed E-state index contributed by atoms with van der Waals surface area (Å²) in [5.74, 6) is 1.04. The second-order valence-corrected chi connectivity index (χ2v) is 7.94. The highest BCUT2D eigenvalue weighted by molar-refractivity contribution is 9.10. The van der Waals surface area contributed by atoms with E-state index in [1.165, 1.54) is 11.1 Å². The van der Waals surface area contributed by atoms with E-state index in [2.05, 4.69) is 88.7 Å². The van der Waals surface area contributed by atoms with Crippen LogP contribution in [0.1, 0.15) is 28.8 Å². The summed E-state index contributed by atoms with van der Waals surface area (Å²) in [6.45, 7) is 0. The van der Waals surface area contributed by atoms with Gasteiger partial charge in [0, 0.05) is 17.1 Å². The van der Waals surface area contributed by atoms with E-state index < -0.39 is 0 Å². The normalized spacial score (nSPS) is 23.3. The number of hydrogen-bond acceptors (Lipinski definition) is 3. The molecule has 2 aliphatic rings. The highest BCUT2D eigenvalue weighted by atomic mass is 79.9. The van der Waals surface area contributed by atoms with Crippen molar-refractivity contribution < 1.29 is 4.74 Å². The Kier molecular flexibility index (Phi) is 4.01. The van der Waals surface area contributed by atoms with Crippen molar-refractivity contribution in [3.8, 4) is 5.75 Å². The van der Waals surface area contributed by atoms with Gasteiger partial charge in [-0.2, -0.15) is 5.10 Å². The summed E-state index contributed by atoms with van der Waals surface area (Å²) in [4.78, 5) is 0. The fourth-order valence-corrected chi connectivity index (χ4v) is 4.48. The van der Waals surface area contributed by atoms with Gasteiger partial charge < -0.3 is 4.74 Å². The number of benzene rings is 3. The number of para-hydroxylation sites is 1. The van der Waals surface area contributed by atoms with Crippen molar-refractivity contribution in [2.45, 2.75) is 12.1 Å². The number of halogens is 1. The van der Waals surface area contributed by atoms with E-state index in [-0.39, 0.29) is 18.1 Å². The topological polar surface area (TPSA) is 24.8 Å². The van der Waals surface area contributed by atoms with Crippen LogP contribution in [0.3, 0.4) is 0 Å². The number of nitrogens with zero attached hydrogens (tertiary/aromatic N) is 2. The molecule has 0 aromatic heterocycles. The lowest BCUT2D eigenvalue weighted by atomic mass is 9.79. The molecule has 3 atom stereocenters. The largest absolute Gasteiger partial charge is 0.484 e. The Morgan fingerprint density at radius 1 is 0.852 bits per heavy atom. The summed E-state index contributed by atoms with van der Waals surface area (Å²) >= 11 is 3.54. The van der Waals surface area contributed by atoms with Crippen molar-refractivity contribution >= 4 is 21.6 Å². The van der Waals surface area contributed by atoms with Gasteiger partial charge in [0.25, 0.3) is 0 Å². The molecule has 0 radical (unpaired) electrons. The zero-order valence-corrected chi connectivity index (χ0v) is 16.5. The molecule has 134 valence electrons. The average molecular weight is 419 g/mol. The molecule has 5 rings (SSSR count). The number of fused-ring (bicyclic) bond motifs is 3. The minimum Gasteiger partial charge on any atom is -0.484 e. The first kappa shape index (κ1) is 16.6. The fraction of sp³-hybridized carbons (Fsp3) is 0.174. The van der Waals surface area contributed by atoms with E-state index in [9.17, 15) is 0 Å². The molecule has 0 saturated carbocycles. The van der Waals surface area contributed by atoms with E-state index in [1.54, 1.807) is 0 Å². The van der Waals surface area contributed by atoms with Crippen molar-refractivity contribution in [2.24, 2.45) is 11.0 Å². The van der Waals surface area contributed by atoms with Gasteiger partial charge in [-0.3, -0.25) is 5.01 Å². The van der Waals surface area contributed by atoms with Gasteiger partial charge in [-0.1, -0.05) is 70.5 Å². The fourth-order valence-electron chi connectivity index (χ4n) is 4.22. The minimum atomic E-state index is -0.0709. The predicted molar refractivity (Wildman–Crippen MR) is 111 cm³/mol. The van der Waals surface area contributed by atoms with Crippen LogP contribution in [-0.2, 0) is 0 Å². The summed E-state index contributed by atoms with van der Waals surface area (Å²) in [5, 5.41) is 7.05. The van der Waals surface area contributed by atoms with Crippen molar-refractivity contribution in [3.63, 3.8) is 0 Å². The third-order valence-corrected chi connectivity index (χ3v) is 5.94. The molecular formula is C23H19BrN2O. The van der Waals surface area contributed by atoms with Gasteiger partial charge in [0.05, 0.1) is 17.7 Å². The van der Waals surface area contributed by atoms with Crippen LogP contribution in [0.4, 0.5) is 0 Å². The molecule has 2 aliphatic heterocycles. The Morgan fingerprint density at radius 2 is 1.56 bits per heavy atom. The van der Waals surface area contributed by atoms with E-state index in [1.807, 2.05) is 18.2 Å². The number of hydrazone groups is 1. The van der Waals surface area contributed by atoms with Gasteiger partial charge in [-0.25, -0.2) is 0 Å². The van der Waals surface area contributed by atoms with Gasteiger partial charge in [0.15, 0.2) is 0 Å². The van der Waals surface area contributed by atoms with Crippen LogP contribution in [-0.4, -0.2) is 17.8 Å². The van der Waals surface area contributed by atoms with E-state index in [0.717, 1.165) is 21.5 Å². The first-order valence-corrected chi connectivity index (χ1v) is 9.89. The van der Waals surface area contributed by atoms with Crippen LogP contribution in [0.2, 0.25) is 0 Å². The molecule has 0 saturated heterocycles. The van der Waals surface area contributed by atoms with Gasteiger partial charge in [-0.15, -0.1) is 0 Å². The Morgan fingerprint density at radius 3 is 2.33 bits per heavy atom. The average Bonchev–Trinajstić information content (AvgIpc) is 3.06. The summed E-state index contributed by atoms with van der Waals surface area (Å²) in [7, 11) is 2.06. The third-order valence-electron chi connectivity index (χ3n) is 5.41. The first-order chi connectivity index (χ1) is 13.2. The Balaban J connectivity index is 1.66. The molecule has 0 fully saturated rings. The number of hydrogen-bond donors (Lipinski definition) is 0. The second kappa shape index (κ2) is 6.54. The second-order valence-electron chi connectivity index (χ2n) is 7.03. The molecule has 0 unspecified atom stereocenters. The van der Waals surface area contributed by atoms with Crippen molar-refractivity contribution in [1.82, 2.24) is 5.01 Å². The SMILES string of the molecule is CN1N=C2c3ccccc3O[C@H](c3ccccc3)[C@H]2[C@@H]1c1ccc(Br)cc1. The molecule has 3 aromatic carbocycles. The standard InChI is InChI=1S/C23H19BrN2O/c1-26-22(15-11-13-17(24)14-12-15)20-21(25-26)18-9-5-6-10-19(18)27-23(20)16-7-3-2-4-8-16/h2-14,20,22-23H,1H3/t20-,22+,23-/m1/s1. The van der Waals surface area contributed by atoms with Crippen LogP contribution in [0, 0.1) is 5.92 Å². The van der Waals surface area contributed by atoms with Crippen LogP contribution in [0.5, 0.6) is 5.75 Å². The van der Waals surface area contributed by atoms with E-state index in [4.69, 9.17) is 9.84 Å². The number of ether oxygens (including phenoxy) is 1. The summed E-state index contributed by atoms with van der Waals surface area (Å²) in [5.41, 5.74) is 4.64. The maximum Gasteiger partial charge on any atom is 0.135 e. The zero-order valence-electron chi connectivity index (χ0n) is 14.9. The first-order valence-electron chi connectivity index (χ1n) is 9.10. The van der Waals surface area contributed by atoms with Crippen LogP contribution in [0.15, 0.2) is 88.4 Å². The summed E-state index contributed by atoms with van der Waals surface area (Å²) in [6, 6.07) is 27.4. The molecule has 4 heteroatoms. The minimum absolute atomic E-state index is 0.0709. The van der Waals surface area contributed by atoms with Gasteiger partial charge >= 0.3 is 0 Å². The Labute approximate surface area is 167 Å². The molecule has 0 bridgehead atoms. The smallest absolute Gasteiger partial charge is 0.135 e. The van der Waals surface area contributed by atoms with Crippen molar-refractivity contribution in [1.29, 1.82) is 0 Å². The molecule has 3 aromatic rings. The van der Waals surface area contributed by atoms with Gasteiger partial charge in [0.1, 0.15) is 11.9 Å². The molecule has 0 N–H and O–H groups in total. The third kappa shape index (κ3) is 2.76. The summed E-state index contributed by atoms with van der Waals surface area (Å²) < 4.78 is 7.62. The highest BCUT2D eigenvalue weighted by Crippen LogP contribution is 2.49. The quantitative estimate of drug-likeness (QED) is 0.541. The molecule has 3 nitrogen and oxygen atoms in total. The van der Waals surface area contributed by atoms with Crippen LogP contribution < -0.4 is 4.74 Å². The molecule has 0 amide bonds. The zero-order chi connectivity index (χ0) is 18.4. The maximum absolute atomic E-state index is 6.54. The highest BCUT2D eigenvalue weighted by Gasteiger charge is 2.47. The van der Waals surface area contributed by atoms with Gasteiger partial charge in [0.2, 0.25) is 0 Å². The molecule has 27 heavy (non-hydrogen) atoms. The van der Waals surface area contributed by atoms with Crippen molar-refractivity contribution in [2.75, 3.05) is 7.05 Å². The predicted octanol–water partition coefficient (Wildman–Crippen LogP) is 5.59. The lowest BCUT2D eigenvalue weighted by Gasteiger charge is -2.36. The monoisotopic (exact) mass is 418 g/mol. The Bertz CT molecular complexity index is 1000. The lowest BCUT2D eigenvalue weighted by Crippen LogP contribution is -2.35. The molecule has 0 aliphatic carbocycles. The van der Waals surface area contributed by atoms with E-state index in [0.29, 0.717) is 0 Å². The Hall–Kier alpha value is -2.59. The van der Waals surface area contributed by atoms with Crippen LogP contribution >= 0.6 is 15.9 Å². The van der Waals surface area contributed by atoms with Gasteiger partial charge in [-0.05, 0) is 35.4 Å². The van der Waals surface area contributed by atoms with Crippen LogP contribution in [0.25, 0.3) is 0 Å². The van der Waals surface area contributed by atoms with Crippen molar-refractivity contribution in [3.05, 3.63) is 100 Å². The molecule has 2 heterocycles. The molecule has 0 spiro atoms. The lowest BCUT2D eigenvalue weighted by molar-refractivity contribution is 0.113. The maximum atomic E-state index is 6.54. The van der Waals surface area contributed by atoms with E-state index >= 15 is 0 Å². The summed E-state index contributed by atoms with van der Waals surface area (Å²) in [6.07, 6.45) is -0.0709.